The summed E-state index contributed by atoms with van der Waals surface area (Å²) in [5, 5.41) is 3.82. The van der Waals surface area contributed by atoms with E-state index in [0.717, 1.165) is 63.9 Å². The van der Waals surface area contributed by atoms with Crippen LogP contribution in [0.1, 0.15) is 36.6 Å². The Labute approximate surface area is 136 Å². The number of aromatic nitrogens is 2. The van der Waals surface area contributed by atoms with E-state index >= 15 is 0 Å². The van der Waals surface area contributed by atoms with E-state index in [2.05, 4.69) is 26.2 Å². The van der Waals surface area contributed by atoms with Crippen LogP contribution in [-0.2, 0) is 24.1 Å². The summed E-state index contributed by atoms with van der Waals surface area (Å²) >= 11 is 3.53. The Kier molecular flexibility index (Phi) is 3.11. The molecule has 0 aromatic carbocycles. The van der Waals surface area contributed by atoms with Crippen molar-refractivity contribution in [3.05, 3.63) is 21.4 Å². The summed E-state index contributed by atoms with van der Waals surface area (Å²) in [6, 6.07) is 0. The van der Waals surface area contributed by atoms with Crippen molar-refractivity contribution in [3.63, 3.8) is 0 Å². The lowest BCUT2D eigenvalue weighted by molar-refractivity contribution is -0.119. The van der Waals surface area contributed by atoms with Crippen LogP contribution in [0.3, 0.4) is 0 Å². The molecule has 0 bridgehead atoms. The van der Waals surface area contributed by atoms with Crippen LogP contribution in [-0.4, -0.2) is 15.9 Å². The molecule has 1 atom stereocenters. The standard InChI is InChI=1S/C16H17BrN4O/c1-7-6-9-13(20-16(7)22)11-12(18)8-4-2-3-5-10(8)19-15(11)21-14(9)17/h7H,2-6H2,1H3,(H,20,22)(H2,18,19,21). The molecule has 3 N–H and O–H groups in total. The van der Waals surface area contributed by atoms with Gasteiger partial charge in [0.2, 0.25) is 5.91 Å². The van der Waals surface area contributed by atoms with Gasteiger partial charge in [-0.2, -0.15) is 0 Å². The highest BCUT2D eigenvalue weighted by molar-refractivity contribution is 9.10. The summed E-state index contributed by atoms with van der Waals surface area (Å²) in [6.45, 7) is 1.92. The number of halogens is 1. The van der Waals surface area contributed by atoms with Crippen LogP contribution in [0, 0.1) is 5.92 Å². The molecule has 1 unspecified atom stereocenters. The molecule has 3 heterocycles. The second kappa shape index (κ2) is 4.91. The van der Waals surface area contributed by atoms with Crippen LogP contribution in [0.4, 0.5) is 11.4 Å². The zero-order chi connectivity index (χ0) is 15.4. The van der Waals surface area contributed by atoms with Crippen LogP contribution in [0.5, 0.6) is 0 Å². The summed E-state index contributed by atoms with van der Waals surface area (Å²) in [6.07, 6.45) is 4.86. The van der Waals surface area contributed by atoms with Gasteiger partial charge in [-0.1, -0.05) is 6.92 Å². The van der Waals surface area contributed by atoms with E-state index in [-0.39, 0.29) is 11.8 Å². The lowest BCUT2D eigenvalue weighted by Crippen LogP contribution is -2.29. The molecule has 0 radical (unpaired) electrons. The van der Waals surface area contributed by atoms with Gasteiger partial charge in [-0.3, -0.25) is 4.79 Å². The Bertz CT molecular complexity index is 818. The Morgan fingerprint density at radius 3 is 2.82 bits per heavy atom. The highest BCUT2D eigenvalue weighted by Crippen LogP contribution is 2.41. The lowest BCUT2D eigenvalue weighted by atomic mass is 9.90. The van der Waals surface area contributed by atoms with Gasteiger partial charge in [-0.15, -0.1) is 0 Å². The molecule has 2 aromatic heterocycles. The Morgan fingerprint density at radius 2 is 2.00 bits per heavy atom. The van der Waals surface area contributed by atoms with E-state index in [1.165, 1.54) is 0 Å². The van der Waals surface area contributed by atoms with Gasteiger partial charge < -0.3 is 11.1 Å². The maximum Gasteiger partial charge on any atom is 0.227 e. The zero-order valence-corrected chi connectivity index (χ0v) is 14.0. The number of rotatable bonds is 0. The van der Waals surface area contributed by atoms with Crippen molar-refractivity contribution in [3.8, 4) is 0 Å². The van der Waals surface area contributed by atoms with Crippen molar-refractivity contribution in [2.45, 2.75) is 39.0 Å². The van der Waals surface area contributed by atoms with E-state index in [1.807, 2.05) is 6.92 Å². The first-order chi connectivity index (χ1) is 10.6. The van der Waals surface area contributed by atoms with Crippen molar-refractivity contribution in [2.24, 2.45) is 5.92 Å². The van der Waals surface area contributed by atoms with Crippen molar-refractivity contribution in [1.29, 1.82) is 0 Å². The van der Waals surface area contributed by atoms with Crippen LogP contribution in [0.2, 0.25) is 0 Å². The molecule has 0 spiro atoms. The first-order valence-corrected chi connectivity index (χ1v) is 8.45. The first-order valence-electron chi connectivity index (χ1n) is 7.66. The first kappa shape index (κ1) is 13.9. The van der Waals surface area contributed by atoms with Crippen molar-refractivity contribution in [1.82, 2.24) is 9.97 Å². The minimum Gasteiger partial charge on any atom is -0.398 e. The fourth-order valence-corrected chi connectivity index (χ4v) is 4.00. The topological polar surface area (TPSA) is 80.9 Å². The third kappa shape index (κ3) is 1.93. The molecule has 2 aromatic rings. The van der Waals surface area contributed by atoms with Crippen LogP contribution < -0.4 is 11.1 Å². The van der Waals surface area contributed by atoms with Crippen molar-refractivity contribution < 1.29 is 4.79 Å². The van der Waals surface area contributed by atoms with Gasteiger partial charge in [0.25, 0.3) is 0 Å². The number of hydrogen-bond acceptors (Lipinski definition) is 4. The van der Waals surface area contributed by atoms with E-state index in [4.69, 9.17) is 10.7 Å². The predicted octanol–water partition coefficient (Wildman–Crippen LogP) is 2.98. The predicted molar refractivity (Wildman–Crippen MR) is 89.8 cm³/mol. The number of nitrogens with two attached hydrogens (primary N) is 1. The molecule has 2 aliphatic rings. The third-order valence-corrected chi connectivity index (χ3v) is 5.36. The number of amides is 1. The van der Waals surface area contributed by atoms with Crippen LogP contribution >= 0.6 is 15.9 Å². The van der Waals surface area contributed by atoms with E-state index in [1.54, 1.807) is 0 Å². The van der Waals surface area contributed by atoms with Crippen molar-refractivity contribution >= 4 is 44.2 Å². The average molecular weight is 361 g/mol. The average Bonchev–Trinajstić information content (AvgIpc) is 2.49. The lowest BCUT2D eigenvalue weighted by Gasteiger charge is -2.26. The highest BCUT2D eigenvalue weighted by Gasteiger charge is 2.29. The molecule has 5 nitrogen and oxygen atoms in total. The van der Waals surface area contributed by atoms with Gasteiger partial charge >= 0.3 is 0 Å². The largest absolute Gasteiger partial charge is 0.398 e. The molecule has 0 saturated carbocycles. The summed E-state index contributed by atoms with van der Waals surface area (Å²) in [7, 11) is 0. The van der Waals surface area contributed by atoms with Gasteiger partial charge in [0, 0.05) is 22.9 Å². The third-order valence-electron chi connectivity index (χ3n) is 4.71. The normalized spacial score (nSPS) is 20.5. The van der Waals surface area contributed by atoms with E-state index in [9.17, 15) is 4.79 Å². The molecule has 1 aliphatic carbocycles. The number of hydrogen-bond donors (Lipinski definition) is 2. The molecule has 22 heavy (non-hydrogen) atoms. The van der Waals surface area contributed by atoms with E-state index in [0.29, 0.717) is 12.1 Å². The number of nitrogen functional groups attached to an aromatic ring is 1. The fraction of sp³-hybridized carbons (Fsp3) is 0.438. The van der Waals surface area contributed by atoms with Gasteiger partial charge in [-0.05, 0) is 53.6 Å². The maximum atomic E-state index is 12.1. The zero-order valence-electron chi connectivity index (χ0n) is 12.4. The second-order valence-corrected chi connectivity index (χ2v) is 6.96. The van der Waals surface area contributed by atoms with E-state index < -0.39 is 0 Å². The van der Waals surface area contributed by atoms with Gasteiger partial charge in [0.1, 0.15) is 4.60 Å². The summed E-state index contributed by atoms with van der Waals surface area (Å²) in [4.78, 5) is 21.4. The second-order valence-electron chi connectivity index (χ2n) is 6.21. The summed E-state index contributed by atoms with van der Waals surface area (Å²) in [5.74, 6) is -0.0288. The van der Waals surface area contributed by atoms with Gasteiger partial charge in [0.15, 0.2) is 5.65 Å². The van der Waals surface area contributed by atoms with Crippen molar-refractivity contribution in [2.75, 3.05) is 11.1 Å². The SMILES string of the molecule is CC1Cc2c(Br)nc3nc4c(c(N)c3c2NC1=O)CCCC4. The maximum absolute atomic E-state index is 12.1. The number of carbonyl (C=O) groups is 1. The molecule has 4 rings (SSSR count). The van der Waals surface area contributed by atoms with Gasteiger partial charge in [-0.25, -0.2) is 9.97 Å². The number of carbonyl (C=O) groups excluding carboxylic acids is 1. The minimum absolute atomic E-state index is 0.0315. The molecular formula is C16H17BrN4O. The Morgan fingerprint density at radius 1 is 1.23 bits per heavy atom. The number of aryl methyl sites for hydroxylation is 1. The smallest absolute Gasteiger partial charge is 0.227 e. The summed E-state index contributed by atoms with van der Waals surface area (Å²) < 4.78 is 0.754. The van der Waals surface area contributed by atoms with Crippen LogP contribution in [0.25, 0.3) is 11.0 Å². The molecule has 6 heteroatoms. The quantitative estimate of drug-likeness (QED) is 0.707. The van der Waals surface area contributed by atoms with Crippen LogP contribution in [0.15, 0.2) is 4.60 Å². The Balaban J connectivity index is 2.06. The number of fused-ring (bicyclic) bond motifs is 4. The Hall–Kier alpha value is -1.69. The van der Waals surface area contributed by atoms with Gasteiger partial charge in [0.05, 0.1) is 11.1 Å². The number of nitrogens with zero attached hydrogens (tertiary/aromatic N) is 2. The molecule has 0 fully saturated rings. The molecule has 1 aliphatic heterocycles. The molecule has 0 saturated heterocycles. The number of pyridine rings is 2. The molecular weight excluding hydrogens is 344 g/mol. The molecule has 114 valence electrons. The number of nitrogens with one attached hydrogen (secondary N) is 1. The molecule has 1 amide bonds. The summed E-state index contributed by atoms with van der Waals surface area (Å²) in [5.41, 5.74) is 11.8. The minimum atomic E-state index is -0.0603. The monoisotopic (exact) mass is 360 g/mol. The fourth-order valence-electron chi connectivity index (χ4n) is 3.47. The number of anilines is 2. The highest BCUT2D eigenvalue weighted by atomic mass is 79.9.